The average molecular weight is 328 g/mol. The molecular formula is C18H14ClNO3. The maximum Gasteiger partial charge on any atom is 0.348 e. The maximum atomic E-state index is 12.4. The van der Waals surface area contributed by atoms with Crippen LogP contribution in [-0.2, 0) is 0 Å². The zero-order valence-corrected chi connectivity index (χ0v) is 13.4. The van der Waals surface area contributed by atoms with Crippen molar-refractivity contribution in [2.45, 2.75) is 13.8 Å². The molecule has 0 saturated carbocycles. The van der Waals surface area contributed by atoms with Gasteiger partial charge in [0.25, 0.3) is 0 Å². The Hall–Kier alpha value is -2.59. The van der Waals surface area contributed by atoms with E-state index < -0.39 is 5.63 Å². The molecule has 0 aliphatic carbocycles. The lowest BCUT2D eigenvalue weighted by Crippen LogP contribution is -2.05. The average Bonchev–Trinajstić information content (AvgIpc) is 2.49. The molecule has 0 amide bonds. The Morgan fingerprint density at radius 2 is 1.96 bits per heavy atom. The molecule has 0 unspecified atom stereocenters. The molecule has 0 bridgehead atoms. The van der Waals surface area contributed by atoms with Crippen LogP contribution in [-0.4, -0.2) is 10.1 Å². The quantitative estimate of drug-likeness (QED) is 0.760. The van der Waals surface area contributed by atoms with E-state index in [1.165, 1.54) is 6.07 Å². The molecule has 0 atom stereocenters. The molecule has 3 aromatic rings. The van der Waals surface area contributed by atoms with Crippen molar-refractivity contribution in [2.75, 3.05) is 0 Å². The number of aryl methyl sites for hydroxylation is 2. The van der Waals surface area contributed by atoms with Gasteiger partial charge in [0.2, 0.25) is 0 Å². The number of halogens is 1. The summed E-state index contributed by atoms with van der Waals surface area (Å²) in [5, 5.41) is 10.8. The third-order valence-electron chi connectivity index (χ3n) is 3.56. The maximum absolute atomic E-state index is 12.4. The third kappa shape index (κ3) is 2.85. The third-order valence-corrected chi connectivity index (χ3v) is 3.86. The summed E-state index contributed by atoms with van der Waals surface area (Å²) < 4.78 is 5.36. The minimum Gasteiger partial charge on any atom is -0.507 e. The van der Waals surface area contributed by atoms with E-state index in [0.29, 0.717) is 16.1 Å². The number of hydrogen-bond donors (Lipinski definition) is 1. The number of aromatic hydroxyl groups is 1. The molecular weight excluding hydrogens is 314 g/mol. The number of pyridine rings is 1. The van der Waals surface area contributed by atoms with E-state index in [2.05, 4.69) is 4.98 Å². The van der Waals surface area contributed by atoms with Crippen molar-refractivity contribution in [1.82, 2.24) is 4.98 Å². The SMILES string of the molecule is Cc1cc(C)c(-c2c(O)cc(-c3cccnc3)oc2=O)c(Cl)c1. The number of nitrogens with zero attached hydrogens (tertiary/aromatic N) is 1. The van der Waals surface area contributed by atoms with Crippen LogP contribution in [0.15, 0.2) is 51.9 Å². The normalized spacial score (nSPS) is 10.7. The molecule has 2 aromatic heterocycles. The fraction of sp³-hybridized carbons (Fsp3) is 0.111. The monoisotopic (exact) mass is 327 g/mol. The first-order chi connectivity index (χ1) is 11.0. The van der Waals surface area contributed by atoms with E-state index in [1.54, 1.807) is 30.6 Å². The van der Waals surface area contributed by atoms with Crippen LogP contribution in [0.1, 0.15) is 11.1 Å². The first kappa shape index (κ1) is 15.3. The second-order valence-electron chi connectivity index (χ2n) is 5.34. The van der Waals surface area contributed by atoms with Crippen LogP contribution in [0.5, 0.6) is 5.75 Å². The van der Waals surface area contributed by atoms with Crippen molar-refractivity contribution in [1.29, 1.82) is 0 Å². The van der Waals surface area contributed by atoms with Crippen molar-refractivity contribution < 1.29 is 9.52 Å². The van der Waals surface area contributed by atoms with Crippen molar-refractivity contribution in [3.05, 3.63) is 69.3 Å². The first-order valence-electron chi connectivity index (χ1n) is 7.02. The summed E-state index contributed by atoms with van der Waals surface area (Å²) in [5.41, 5.74) is 2.30. The molecule has 0 spiro atoms. The molecule has 2 heterocycles. The summed E-state index contributed by atoms with van der Waals surface area (Å²) in [4.78, 5) is 16.4. The minimum absolute atomic E-state index is 0.0696. The molecule has 0 aliphatic rings. The van der Waals surface area contributed by atoms with E-state index >= 15 is 0 Å². The van der Waals surface area contributed by atoms with Crippen molar-refractivity contribution in [3.63, 3.8) is 0 Å². The van der Waals surface area contributed by atoms with Gasteiger partial charge in [-0.25, -0.2) is 4.79 Å². The molecule has 5 heteroatoms. The van der Waals surface area contributed by atoms with Gasteiger partial charge in [0, 0.05) is 34.6 Å². The summed E-state index contributed by atoms with van der Waals surface area (Å²) in [6, 6.07) is 8.52. The standard InChI is InChI=1S/C18H14ClNO3/c1-10-6-11(2)16(13(19)7-10)17-14(21)8-15(23-18(17)22)12-4-3-5-20-9-12/h3-9,21H,1-2H3. The molecule has 23 heavy (non-hydrogen) atoms. The summed E-state index contributed by atoms with van der Waals surface area (Å²) in [5.74, 6) is 0.0826. The van der Waals surface area contributed by atoms with Crippen LogP contribution in [0, 0.1) is 13.8 Å². The Balaban J connectivity index is 2.22. The molecule has 0 saturated heterocycles. The van der Waals surface area contributed by atoms with E-state index in [0.717, 1.165) is 11.1 Å². The van der Waals surface area contributed by atoms with Crippen molar-refractivity contribution in [3.8, 4) is 28.2 Å². The second-order valence-corrected chi connectivity index (χ2v) is 5.75. The second kappa shape index (κ2) is 5.89. The number of hydrogen-bond acceptors (Lipinski definition) is 4. The smallest absolute Gasteiger partial charge is 0.348 e. The van der Waals surface area contributed by atoms with Gasteiger partial charge in [0.05, 0.1) is 0 Å². The van der Waals surface area contributed by atoms with E-state index in [-0.39, 0.29) is 17.1 Å². The van der Waals surface area contributed by atoms with Crippen LogP contribution < -0.4 is 5.63 Å². The van der Waals surface area contributed by atoms with Gasteiger partial charge in [-0.3, -0.25) is 4.98 Å². The molecule has 1 aromatic carbocycles. The Morgan fingerprint density at radius 3 is 2.57 bits per heavy atom. The summed E-state index contributed by atoms with van der Waals surface area (Å²) >= 11 is 6.27. The lowest BCUT2D eigenvalue weighted by Gasteiger charge is -2.11. The van der Waals surface area contributed by atoms with Crippen LogP contribution in [0.2, 0.25) is 5.02 Å². The molecule has 3 rings (SSSR count). The minimum atomic E-state index is -0.641. The van der Waals surface area contributed by atoms with Crippen molar-refractivity contribution in [2.24, 2.45) is 0 Å². The zero-order valence-electron chi connectivity index (χ0n) is 12.6. The highest BCUT2D eigenvalue weighted by molar-refractivity contribution is 6.33. The Labute approximate surface area is 138 Å². The van der Waals surface area contributed by atoms with Crippen LogP contribution in [0.25, 0.3) is 22.5 Å². The number of rotatable bonds is 2. The highest BCUT2D eigenvalue weighted by atomic mass is 35.5. The fourth-order valence-electron chi connectivity index (χ4n) is 2.59. The predicted octanol–water partition coefficient (Wildman–Crippen LogP) is 4.34. The number of aromatic nitrogens is 1. The van der Waals surface area contributed by atoms with Gasteiger partial charge in [-0.2, -0.15) is 0 Å². The van der Waals surface area contributed by atoms with Gasteiger partial charge < -0.3 is 9.52 Å². The van der Waals surface area contributed by atoms with Gasteiger partial charge in [0.15, 0.2) is 0 Å². The van der Waals surface area contributed by atoms with E-state index in [4.69, 9.17) is 16.0 Å². The lowest BCUT2D eigenvalue weighted by molar-refractivity contribution is 0.456. The van der Waals surface area contributed by atoms with Crippen LogP contribution in [0.3, 0.4) is 0 Å². The highest BCUT2D eigenvalue weighted by Crippen LogP contribution is 2.36. The van der Waals surface area contributed by atoms with Gasteiger partial charge >= 0.3 is 5.63 Å². The molecule has 4 nitrogen and oxygen atoms in total. The van der Waals surface area contributed by atoms with Gasteiger partial charge in [0.1, 0.15) is 17.1 Å². The fourth-order valence-corrected chi connectivity index (χ4v) is 3.01. The van der Waals surface area contributed by atoms with Gasteiger partial charge in [-0.1, -0.05) is 17.7 Å². The lowest BCUT2D eigenvalue weighted by atomic mass is 9.99. The Morgan fingerprint density at radius 1 is 1.17 bits per heavy atom. The van der Waals surface area contributed by atoms with Gasteiger partial charge in [-0.05, 0) is 43.2 Å². The summed E-state index contributed by atoms with van der Waals surface area (Å²) in [6.07, 6.45) is 3.17. The molecule has 0 radical (unpaired) electrons. The topological polar surface area (TPSA) is 63.3 Å². The molecule has 0 fully saturated rings. The largest absolute Gasteiger partial charge is 0.507 e. The predicted molar refractivity (Wildman–Crippen MR) is 89.8 cm³/mol. The summed E-state index contributed by atoms with van der Waals surface area (Å²) in [7, 11) is 0. The van der Waals surface area contributed by atoms with Crippen LogP contribution >= 0.6 is 11.6 Å². The zero-order chi connectivity index (χ0) is 16.6. The van der Waals surface area contributed by atoms with Gasteiger partial charge in [-0.15, -0.1) is 0 Å². The summed E-state index contributed by atoms with van der Waals surface area (Å²) in [6.45, 7) is 3.75. The van der Waals surface area contributed by atoms with E-state index in [9.17, 15) is 9.90 Å². The number of benzene rings is 1. The van der Waals surface area contributed by atoms with Crippen molar-refractivity contribution >= 4 is 11.6 Å². The van der Waals surface area contributed by atoms with E-state index in [1.807, 2.05) is 19.9 Å². The molecule has 116 valence electrons. The Kier molecular flexibility index (Phi) is 3.92. The molecule has 1 N–H and O–H groups in total. The molecule has 0 aliphatic heterocycles. The Bertz CT molecular complexity index is 910. The first-order valence-corrected chi connectivity index (χ1v) is 7.40. The van der Waals surface area contributed by atoms with Crippen LogP contribution in [0.4, 0.5) is 0 Å². The highest BCUT2D eigenvalue weighted by Gasteiger charge is 2.19.